The van der Waals surface area contributed by atoms with E-state index in [1.54, 1.807) is 0 Å². The molecule has 23 heavy (non-hydrogen) atoms. The molecule has 1 fully saturated rings. The van der Waals surface area contributed by atoms with Gasteiger partial charge in [0.25, 0.3) is 0 Å². The van der Waals surface area contributed by atoms with Gasteiger partial charge in [-0.3, -0.25) is 4.90 Å². The summed E-state index contributed by atoms with van der Waals surface area (Å²) in [6, 6.07) is 9.62. The van der Waals surface area contributed by atoms with Crippen molar-refractivity contribution in [1.82, 2.24) is 4.90 Å². The highest BCUT2D eigenvalue weighted by Crippen LogP contribution is 2.37. The van der Waals surface area contributed by atoms with Crippen LogP contribution in [0.5, 0.6) is 0 Å². The third-order valence-corrected chi connectivity index (χ3v) is 4.45. The van der Waals surface area contributed by atoms with Crippen LogP contribution >= 0.6 is 0 Å². The molecule has 0 radical (unpaired) electrons. The second kappa shape index (κ2) is 7.32. The Morgan fingerprint density at radius 2 is 1.91 bits per heavy atom. The molecule has 5 nitrogen and oxygen atoms in total. The molecule has 1 atom stereocenters. The summed E-state index contributed by atoms with van der Waals surface area (Å²) in [5.41, 5.74) is 0.603. The van der Waals surface area contributed by atoms with Crippen LogP contribution in [0.25, 0.3) is 0 Å². The molecule has 1 amide bonds. The minimum absolute atomic E-state index is 0.143. The zero-order valence-corrected chi connectivity index (χ0v) is 14.1. The first-order valence-corrected chi connectivity index (χ1v) is 8.11. The van der Waals surface area contributed by atoms with Crippen molar-refractivity contribution in [2.75, 3.05) is 6.61 Å². The Labute approximate surface area is 137 Å². The van der Waals surface area contributed by atoms with E-state index < -0.39 is 11.6 Å². The van der Waals surface area contributed by atoms with Gasteiger partial charge in [-0.2, -0.15) is 0 Å². The molecule has 1 saturated carbocycles. The van der Waals surface area contributed by atoms with Gasteiger partial charge in [-0.05, 0) is 45.1 Å². The molecule has 1 aromatic rings. The van der Waals surface area contributed by atoms with Crippen LogP contribution in [0.3, 0.4) is 0 Å². The quantitative estimate of drug-likeness (QED) is 0.844. The smallest absolute Gasteiger partial charge is 0.408 e. The number of aliphatic hydroxyl groups is 1. The number of amides is 1. The summed E-state index contributed by atoms with van der Waals surface area (Å²) in [7, 11) is 0. The van der Waals surface area contributed by atoms with Crippen molar-refractivity contribution in [1.29, 1.82) is 0 Å². The first-order chi connectivity index (χ1) is 10.8. The largest absolute Gasteiger partial charge is 0.465 e. The standard InChI is InChI=1S/C18H27NO4/c1-18(2,3)19(17(21)22)16(11-20)14-9-15(10-14)23-12-13-7-5-4-6-8-13/h4-8,14-16,20H,9-12H2,1-3H3,(H,21,22). The number of hydrogen-bond acceptors (Lipinski definition) is 3. The van der Waals surface area contributed by atoms with Crippen LogP contribution in [-0.2, 0) is 11.3 Å². The maximum Gasteiger partial charge on any atom is 0.408 e. The van der Waals surface area contributed by atoms with Crippen molar-refractivity contribution < 1.29 is 19.7 Å². The Morgan fingerprint density at radius 3 is 2.39 bits per heavy atom. The first-order valence-electron chi connectivity index (χ1n) is 8.11. The molecule has 0 aliphatic heterocycles. The van der Waals surface area contributed by atoms with E-state index in [9.17, 15) is 15.0 Å². The lowest BCUT2D eigenvalue weighted by molar-refractivity contribution is -0.0806. The number of aliphatic hydroxyl groups excluding tert-OH is 1. The van der Waals surface area contributed by atoms with Crippen molar-refractivity contribution in [3.8, 4) is 0 Å². The number of benzene rings is 1. The van der Waals surface area contributed by atoms with Crippen LogP contribution in [0.15, 0.2) is 30.3 Å². The lowest BCUT2D eigenvalue weighted by Gasteiger charge is -2.47. The Hall–Kier alpha value is -1.59. The van der Waals surface area contributed by atoms with Gasteiger partial charge in [-0.15, -0.1) is 0 Å². The van der Waals surface area contributed by atoms with Gasteiger partial charge in [0.05, 0.1) is 25.4 Å². The van der Waals surface area contributed by atoms with Gasteiger partial charge in [0.15, 0.2) is 0 Å². The minimum atomic E-state index is -0.981. The van der Waals surface area contributed by atoms with E-state index >= 15 is 0 Å². The highest BCUT2D eigenvalue weighted by atomic mass is 16.5. The number of hydrogen-bond donors (Lipinski definition) is 2. The molecule has 2 N–H and O–H groups in total. The number of rotatable bonds is 6. The molecule has 1 aliphatic carbocycles. The van der Waals surface area contributed by atoms with Crippen molar-refractivity contribution >= 4 is 6.09 Å². The average Bonchev–Trinajstić information content (AvgIpc) is 2.43. The Balaban J connectivity index is 1.87. The van der Waals surface area contributed by atoms with Crippen molar-refractivity contribution in [3.63, 3.8) is 0 Å². The molecule has 0 aromatic heterocycles. The van der Waals surface area contributed by atoms with E-state index in [0.29, 0.717) is 6.61 Å². The lowest BCUT2D eigenvalue weighted by atomic mass is 9.76. The average molecular weight is 321 g/mol. The molecule has 2 rings (SSSR count). The third kappa shape index (κ3) is 4.45. The van der Waals surface area contributed by atoms with Crippen LogP contribution in [0.4, 0.5) is 4.79 Å². The number of carboxylic acid groups (broad SMARTS) is 1. The maximum atomic E-state index is 11.6. The minimum Gasteiger partial charge on any atom is -0.465 e. The van der Waals surface area contributed by atoms with Crippen LogP contribution < -0.4 is 0 Å². The third-order valence-electron chi connectivity index (χ3n) is 4.45. The molecular weight excluding hydrogens is 294 g/mol. The number of carbonyl (C=O) groups is 1. The van der Waals surface area contributed by atoms with E-state index in [0.717, 1.165) is 18.4 Å². The summed E-state index contributed by atoms with van der Waals surface area (Å²) in [6.45, 7) is 5.98. The van der Waals surface area contributed by atoms with Crippen molar-refractivity contribution in [3.05, 3.63) is 35.9 Å². The van der Waals surface area contributed by atoms with Gasteiger partial charge < -0.3 is 14.9 Å². The van der Waals surface area contributed by atoms with Gasteiger partial charge >= 0.3 is 6.09 Å². The van der Waals surface area contributed by atoms with Crippen LogP contribution in [0.1, 0.15) is 39.2 Å². The molecule has 1 aromatic carbocycles. The van der Waals surface area contributed by atoms with Crippen LogP contribution in [0.2, 0.25) is 0 Å². The van der Waals surface area contributed by atoms with Gasteiger partial charge in [-0.25, -0.2) is 4.79 Å². The summed E-state index contributed by atoms with van der Waals surface area (Å²) in [6.07, 6.45) is 0.741. The van der Waals surface area contributed by atoms with Crippen LogP contribution in [0, 0.1) is 5.92 Å². The fourth-order valence-corrected chi connectivity index (χ4v) is 3.21. The van der Waals surface area contributed by atoms with E-state index in [4.69, 9.17) is 4.74 Å². The topological polar surface area (TPSA) is 70.0 Å². The van der Waals surface area contributed by atoms with Gasteiger partial charge in [0, 0.05) is 5.54 Å². The second-order valence-electron chi connectivity index (χ2n) is 7.22. The first kappa shape index (κ1) is 17.8. The Morgan fingerprint density at radius 1 is 1.30 bits per heavy atom. The number of nitrogens with zero attached hydrogens (tertiary/aromatic N) is 1. The monoisotopic (exact) mass is 321 g/mol. The highest BCUT2D eigenvalue weighted by molar-refractivity contribution is 5.66. The molecule has 0 spiro atoms. The van der Waals surface area contributed by atoms with Gasteiger partial charge in [0.1, 0.15) is 0 Å². The molecule has 128 valence electrons. The second-order valence-corrected chi connectivity index (χ2v) is 7.22. The fraction of sp³-hybridized carbons (Fsp3) is 0.611. The van der Waals surface area contributed by atoms with Gasteiger partial charge in [-0.1, -0.05) is 30.3 Å². The predicted octanol–water partition coefficient (Wildman–Crippen LogP) is 3.12. The van der Waals surface area contributed by atoms with E-state index in [-0.39, 0.29) is 24.7 Å². The zero-order chi connectivity index (χ0) is 17.0. The van der Waals surface area contributed by atoms with E-state index in [1.165, 1.54) is 4.90 Å². The SMILES string of the molecule is CC(C)(C)N(C(=O)O)C(CO)C1CC(OCc2ccccc2)C1. The zero-order valence-electron chi connectivity index (χ0n) is 14.1. The van der Waals surface area contributed by atoms with E-state index in [1.807, 2.05) is 51.1 Å². The summed E-state index contributed by atoms with van der Waals surface area (Å²) in [4.78, 5) is 12.9. The molecule has 1 aliphatic rings. The number of ether oxygens (including phenoxy) is 1. The van der Waals surface area contributed by atoms with E-state index in [2.05, 4.69) is 0 Å². The summed E-state index contributed by atoms with van der Waals surface area (Å²) in [5, 5.41) is 19.2. The van der Waals surface area contributed by atoms with Crippen molar-refractivity contribution in [2.24, 2.45) is 5.92 Å². The molecule has 0 bridgehead atoms. The fourth-order valence-electron chi connectivity index (χ4n) is 3.21. The molecule has 5 heteroatoms. The Kier molecular flexibility index (Phi) is 5.65. The summed E-state index contributed by atoms with van der Waals surface area (Å²) in [5.74, 6) is 0.149. The Bertz CT molecular complexity index is 506. The molecule has 0 heterocycles. The van der Waals surface area contributed by atoms with Gasteiger partial charge in [0.2, 0.25) is 0 Å². The normalized spacial score (nSPS) is 22.3. The molecule has 1 unspecified atom stereocenters. The van der Waals surface area contributed by atoms with Crippen molar-refractivity contribution in [2.45, 2.75) is 57.9 Å². The lowest BCUT2D eigenvalue weighted by Crippen LogP contribution is -2.58. The highest BCUT2D eigenvalue weighted by Gasteiger charge is 2.43. The summed E-state index contributed by atoms with van der Waals surface area (Å²) < 4.78 is 5.87. The molecular formula is C18H27NO4. The molecule has 0 saturated heterocycles. The summed E-state index contributed by atoms with van der Waals surface area (Å²) >= 11 is 0. The van der Waals surface area contributed by atoms with Crippen LogP contribution in [-0.4, -0.2) is 45.5 Å². The predicted molar refractivity (Wildman–Crippen MR) is 88.2 cm³/mol. The maximum absolute atomic E-state index is 11.6.